The Labute approximate surface area is 335 Å². The normalized spacial score (nSPS) is 21.9. The van der Waals surface area contributed by atoms with E-state index in [-0.39, 0.29) is 12.5 Å². The van der Waals surface area contributed by atoms with Gasteiger partial charge >= 0.3 is 0 Å². The van der Waals surface area contributed by atoms with Crippen LogP contribution in [0.25, 0.3) is 0 Å². The Balaban J connectivity index is 2.39. The van der Waals surface area contributed by atoms with Crippen molar-refractivity contribution in [2.24, 2.45) is 0 Å². The van der Waals surface area contributed by atoms with Crippen molar-refractivity contribution in [3.63, 3.8) is 0 Å². The van der Waals surface area contributed by atoms with Crippen LogP contribution < -0.4 is 5.32 Å². The number of aliphatic hydroxyl groups is 5. The number of allylic oxidation sites excluding steroid dienone is 9. The lowest BCUT2D eigenvalue weighted by atomic mass is 9.99. The molecular weight excluding hydrogens is 695 g/mol. The number of aliphatic hydroxyl groups excluding tert-OH is 5. The predicted molar refractivity (Wildman–Crippen MR) is 226 cm³/mol. The fourth-order valence-electron chi connectivity index (χ4n) is 6.45. The smallest absolute Gasteiger partial charge is 0.220 e. The zero-order valence-corrected chi connectivity index (χ0v) is 34.7. The van der Waals surface area contributed by atoms with Crippen molar-refractivity contribution in [2.45, 2.75) is 211 Å². The van der Waals surface area contributed by atoms with E-state index in [4.69, 9.17) is 9.47 Å². The maximum atomic E-state index is 12.9. The first-order valence-corrected chi connectivity index (χ1v) is 22.0. The van der Waals surface area contributed by atoms with Gasteiger partial charge in [-0.15, -0.1) is 0 Å². The van der Waals surface area contributed by atoms with Crippen LogP contribution >= 0.6 is 0 Å². The van der Waals surface area contributed by atoms with Crippen molar-refractivity contribution in [3.8, 4) is 0 Å². The van der Waals surface area contributed by atoms with Gasteiger partial charge in [-0.1, -0.05) is 145 Å². The molecule has 9 heteroatoms. The van der Waals surface area contributed by atoms with Gasteiger partial charge in [0.2, 0.25) is 5.91 Å². The van der Waals surface area contributed by atoms with Gasteiger partial charge in [0.25, 0.3) is 0 Å². The molecule has 0 aromatic heterocycles. The molecule has 7 atom stereocenters. The van der Waals surface area contributed by atoms with E-state index in [1.807, 2.05) is 6.08 Å². The Morgan fingerprint density at radius 2 is 1.09 bits per heavy atom. The van der Waals surface area contributed by atoms with Crippen LogP contribution in [0.4, 0.5) is 0 Å². The highest BCUT2D eigenvalue weighted by Crippen LogP contribution is 2.22. The predicted octanol–water partition coefficient (Wildman–Crippen LogP) is 8.83. The van der Waals surface area contributed by atoms with Crippen LogP contribution in [0.1, 0.15) is 168 Å². The molecule has 318 valence electrons. The fourth-order valence-corrected chi connectivity index (χ4v) is 6.45. The third-order valence-electron chi connectivity index (χ3n) is 10.0. The minimum atomic E-state index is -1.58. The number of ether oxygens (including phenoxy) is 2. The molecule has 7 unspecified atom stereocenters. The van der Waals surface area contributed by atoms with Gasteiger partial charge in [0, 0.05) is 6.42 Å². The summed E-state index contributed by atoms with van der Waals surface area (Å²) in [7, 11) is 0. The fraction of sp³-hybridized carbons (Fsp3) is 0.761. The molecular formula is C46H81NO8. The minimum absolute atomic E-state index is 0.200. The maximum Gasteiger partial charge on any atom is 0.220 e. The molecule has 1 fully saturated rings. The third-order valence-corrected chi connectivity index (χ3v) is 10.0. The van der Waals surface area contributed by atoms with Crippen LogP contribution in [0.5, 0.6) is 0 Å². The molecule has 1 saturated heterocycles. The van der Waals surface area contributed by atoms with Crippen molar-refractivity contribution < 1.29 is 39.8 Å². The average Bonchev–Trinajstić information content (AvgIpc) is 3.18. The van der Waals surface area contributed by atoms with Gasteiger partial charge < -0.3 is 40.3 Å². The van der Waals surface area contributed by atoms with Gasteiger partial charge in [0.1, 0.15) is 24.4 Å². The summed E-state index contributed by atoms with van der Waals surface area (Å²) in [6.07, 6.45) is 39.7. The summed E-state index contributed by atoms with van der Waals surface area (Å²) in [6.45, 7) is 3.67. The molecule has 0 saturated carbocycles. The second-order valence-corrected chi connectivity index (χ2v) is 15.1. The highest BCUT2D eigenvalue weighted by Gasteiger charge is 2.44. The van der Waals surface area contributed by atoms with Crippen LogP contribution in [0.2, 0.25) is 0 Å². The van der Waals surface area contributed by atoms with Crippen molar-refractivity contribution in [1.29, 1.82) is 0 Å². The second kappa shape index (κ2) is 36.2. The van der Waals surface area contributed by atoms with E-state index in [9.17, 15) is 30.3 Å². The first-order chi connectivity index (χ1) is 26.8. The molecule has 55 heavy (non-hydrogen) atoms. The molecule has 1 amide bonds. The SMILES string of the molecule is CCCCC/C=C\C/C=C\CCCCCCCCCCCC(=O)NC(COC1OC(CO)C(O)C(O)C1O)C(O)/C=C/CC/C=C/CC/C=C/CCCCC. The number of amides is 1. The number of carbonyl (C=O) groups is 1. The Kier molecular flexibility index (Phi) is 33.5. The third kappa shape index (κ3) is 27.2. The molecule has 1 aliphatic rings. The lowest BCUT2D eigenvalue weighted by molar-refractivity contribution is -0.302. The number of hydrogen-bond acceptors (Lipinski definition) is 8. The number of nitrogens with one attached hydrogen (secondary N) is 1. The van der Waals surface area contributed by atoms with Gasteiger partial charge in [0.05, 0.1) is 25.4 Å². The Bertz CT molecular complexity index is 1040. The zero-order valence-electron chi connectivity index (χ0n) is 34.7. The van der Waals surface area contributed by atoms with Crippen LogP contribution in [0.15, 0.2) is 60.8 Å². The van der Waals surface area contributed by atoms with Gasteiger partial charge in [-0.25, -0.2) is 0 Å². The molecule has 0 aromatic carbocycles. The first kappa shape index (κ1) is 50.9. The van der Waals surface area contributed by atoms with E-state index in [1.54, 1.807) is 6.08 Å². The minimum Gasteiger partial charge on any atom is -0.394 e. The van der Waals surface area contributed by atoms with Crippen LogP contribution in [0, 0.1) is 0 Å². The van der Waals surface area contributed by atoms with Gasteiger partial charge in [-0.05, 0) is 77.0 Å². The Morgan fingerprint density at radius 3 is 1.64 bits per heavy atom. The topological polar surface area (TPSA) is 149 Å². The standard InChI is InChI=1S/C46H81NO8/c1-3-5-7-9-11-13-15-17-18-19-20-21-22-24-26-28-30-32-34-36-42(50)47-39(38-54-46-45(53)44(52)43(51)41(37-48)55-46)40(49)35-33-31-29-27-25-23-16-14-12-10-8-6-4-2/h11-14,17-18,25,27,33,35,39-41,43-46,48-49,51-53H,3-10,15-16,19-24,26,28-32,34,36-38H2,1-2H3,(H,47,50)/b13-11-,14-12+,18-17-,27-25+,35-33+. The molecule has 1 heterocycles. The van der Waals surface area contributed by atoms with E-state index in [2.05, 4.69) is 67.8 Å². The summed E-state index contributed by atoms with van der Waals surface area (Å²) < 4.78 is 11.2. The summed E-state index contributed by atoms with van der Waals surface area (Å²) in [5.74, 6) is -0.200. The number of rotatable bonds is 35. The molecule has 0 aromatic rings. The van der Waals surface area contributed by atoms with Crippen molar-refractivity contribution in [2.75, 3.05) is 13.2 Å². The van der Waals surface area contributed by atoms with E-state index < -0.39 is 49.5 Å². The summed E-state index contributed by atoms with van der Waals surface area (Å²) in [5.41, 5.74) is 0. The monoisotopic (exact) mass is 776 g/mol. The molecule has 9 nitrogen and oxygen atoms in total. The molecule has 1 rings (SSSR count). The highest BCUT2D eigenvalue weighted by molar-refractivity contribution is 5.76. The van der Waals surface area contributed by atoms with Gasteiger partial charge in [0.15, 0.2) is 6.29 Å². The largest absolute Gasteiger partial charge is 0.394 e. The first-order valence-electron chi connectivity index (χ1n) is 22.0. The maximum absolute atomic E-state index is 12.9. The van der Waals surface area contributed by atoms with Crippen LogP contribution in [-0.2, 0) is 14.3 Å². The van der Waals surface area contributed by atoms with Gasteiger partial charge in [-0.2, -0.15) is 0 Å². The number of hydrogen-bond donors (Lipinski definition) is 6. The lowest BCUT2D eigenvalue weighted by Gasteiger charge is -2.40. The number of carbonyl (C=O) groups excluding carboxylic acids is 1. The van der Waals surface area contributed by atoms with Crippen molar-refractivity contribution >= 4 is 5.91 Å². The summed E-state index contributed by atoms with van der Waals surface area (Å²) in [5, 5.41) is 54.0. The van der Waals surface area contributed by atoms with E-state index in [0.717, 1.165) is 70.6 Å². The molecule has 0 bridgehead atoms. The van der Waals surface area contributed by atoms with Crippen molar-refractivity contribution in [3.05, 3.63) is 60.8 Å². The lowest BCUT2D eigenvalue weighted by Crippen LogP contribution is -2.60. The molecule has 0 radical (unpaired) electrons. The Morgan fingerprint density at radius 1 is 0.618 bits per heavy atom. The van der Waals surface area contributed by atoms with E-state index in [0.29, 0.717) is 6.42 Å². The summed E-state index contributed by atoms with van der Waals surface area (Å²) >= 11 is 0. The second-order valence-electron chi connectivity index (χ2n) is 15.1. The van der Waals surface area contributed by atoms with Crippen LogP contribution in [0.3, 0.4) is 0 Å². The van der Waals surface area contributed by atoms with Crippen LogP contribution in [-0.4, -0.2) is 87.5 Å². The highest BCUT2D eigenvalue weighted by atomic mass is 16.7. The Hall–Kier alpha value is -2.11. The van der Waals surface area contributed by atoms with E-state index in [1.165, 1.54) is 77.0 Å². The summed E-state index contributed by atoms with van der Waals surface area (Å²) in [6, 6.07) is -0.830. The molecule has 0 spiro atoms. The van der Waals surface area contributed by atoms with Crippen molar-refractivity contribution in [1.82, 2.24) is 5.32 Å². The number of unbranched alkanes of at least 4 members (excludes halogenated alkanes) is 17. The van der Waals surface area contributed by atoms with Gasteiger partial charge in [-0.3, -0.25) is 4.79 Å². The summed E-state index contributed by atoms with van der Waals surface area (Å²) in [4.78, 5) is 12.9. The average molecular weight is 776 g/mol. The molecule has 6 N–H and O–H groups in total. The molecule has 1 aliphatic heterocycles. The van der Waals surface area contributed by atoms with E-state index >= 15 is 0 Å². The molecule has 0 aliphatic carbocycles. The zero-order chi connectivity index (χ0) is 40.2. The quantitative estimate of drug-likeness (QED) is 0.0277.